The van der Waals surface area contributed by atoms with E-state index >= 15 is 0 Å². The van der Waals surface area contributed by atoms with Crippen molar-refractivity contribution in [3.8, 4) is 0 Å². The highest BCUT2D eigenvalue weighted by Gasteiger charge is 2.20. The van der Waals surface area contributed by atoms with Crippen LogP contribution >= 0.6 is 0 Å². The first-order chi connectivity index (χ1) is 12.9. The first-order valence-corrected chi connectivity index (χ1v) is 8.97. The van der Waals surface area contributed by atoms with Crippen LogP contribution in [0.4, 0.5) is 4.39 Å². The van der Waals surface area contributed by atoms with Crippen LogP contribution in [-0.4, -0.2) is 29.3 Å². The van der Waals surface area contributed by atoms with Crippen molar-refractivity contribution in [1.29, 1.82) is 0 Å². The highest BCUT2D eigenvalue weighted by Crippen LogP contribution is 2.13. The predicted molar refractivity (Wildman–Crippen MR) is 103 cm³/mol. The summed E-state index contributed by atoms with van der Waals surface area (Å²) in [4.78, 5) is 26.2. The Bertz CT molecular complexity index is 765. The molecule has 0 saturated heterocycles. The molecule has 0 spiro atoms. The molecule has 3 N–H and O–H groups in total. The van der Waals surface area contributed by atoms with Gasteiger partial charge in [-0.1, -0.05) is 62.4 Å². The van der Waals surface area contributed by atoms with Gasteiger partial charge in [0.15, 0.2) is 0 Å². The van der Waals surface area contributed by atoms with Gasteiger partial charge in [-0.2, -0.15) is 0 Å². The summed E-state index contributed by atoms with van der Waals surface area (Å²) in [5.74, 6) is -1.07. The summed E-state index contributed by atoms with van der Waals surface area (Å²) in [5.41, 5.74) is 7.15. The molecular weight excluding hydrogens is 345 g/mol. The van der Waals surface area contributed by atoms with Gasteiger partial charge in [0, 0.05) is 18.7 Å². The molecule has 0 aliphatic carbocycles. The molecule has 0 aliphatic heterocycles. The number of halogens is 1. The van der Waals surface area contributed by atoms with Crippen LogP contribution in [0.15, 0.2) is 54.6 Å². The van der Waals surface area contributed by atoms with Crippen LogP contribution in [0.5, 0.6) is 0 Å². The fourth-order valence-corrected chi connectivity index (χ4v) is 2.56. The van der Waals surface area contributed by atoms with Crippen molar-refractivity contribution in [1.82, 2.24) is 10.2 Å². The molecule has 5 nitrogen and oxygen atoms in total. The molecule has 2 rings (SSSR count). The van der Waals surface area contributed by atoms with E-state index in [0.29, 0.717) is 12.1 Å². The monoisotopic (exact) mass is 371 g/mol. The Hall–Kier alpha value is -2.73. The van der Waals surface area contributed by atoms with Gasteiger partial charge in [0.1, 0.15) is 5.82 Å². The smallest absolute Gasteiger partial charge is 0.242 e. The van der Waals surface area contributed by atoms with Crippen molar-refractivity contribution in [3.63, 3.8) is 0 Å². The summed E-state index contributed by atoms with van der Waals surface area (Å²) >= 11 is 0. The van der Waals surface area contributed by atoms with E-state index in [2.05, 4.69) is 5.32 Å². The molecule has 0 saturated carbocycles. The van der Waals surface area contributed by atoms with E-state index < -0.39 is 6.04 Å². The second kappa shape index (κ2) is 9.83. The topological polar surface area (TPSA) is 75.4 Å². The van der Waals surface area contributed by atoms with Gasteiger partial charge in [-0.25, -0.2) is 4.39 Å². The number of hydrogen-bond acceptors (Lipinski definition) is 3. The summed E-state index contributed by atoms with van der Waals surface area (Å²) in [6.45, 7) is 3.94. The lowest BCUT2D eigenvalue weighted by Crippen LogP contribution is -2.47. The number of rotatable bonds is 8. The van der Waals surface area contributed by atoms with Crippen LogP contribution in [0, 0.1) is 11.7 Å². The third-order valence-corrected chi connectivity index (χ3v) is 4.32. The average Bonchev–Trinajstić information content (AvgIpc) is 2.67. The fourth-order valence-electron chi connectivity index (χ4n) is 2.56. The molecule has 6 heteroatoms. The molecule has 0 bridgehead atoms. The first-order valence-electron chi connectivity index (χ1n) is 8.97. The lowest BCUT2D eigenvalue weighted by Gasteiger charge is -2.24. The molecule has 2 aromatic carbocycles. The molecule has 27 heavy (non-hydrogen) atoms. The van der Waals surface area contributed by atoms with Crippen LogP contribution < -0.4 is 11.1 Å². The Morgan fingerprint density at radius 3 is 2.30 bits per heavy atom. The molecule has 2 amide bonds. The maximum Gasteiger partial charge on any atom is 0.242 e. The van der Waals surface area contributed by atoms with Crippen molar-refractivity contribution < 1.29 is 14.0 Å². The van der Waals surface area contributed by atoms with Crippen molar-refractivity contribution in [3.05, 3.63) is 71.5 Å². The summed E-state index contributed by atoms with van der Waals surface area (Å²) in [6.07, 6.45) is 0. The summed E-state index contributed by atoms with van der Waals surface area (Å²) in [7, 11) is 0. The van der Waals surface area contributed by atoms with E-state index in [0.717, 1.165) is 5.56 Å². The Morgan fingerprint density at radius 1 is 1.04 bits per heavy atom. The zero-order valence-corrected chi connectivity index (χ0v) is 15.7. The second-order valence-electron chi connectivity index (χ2n) is 6.81. The molecule has 1 atom stereocenters. The SMILES string of the molecule is CC(C)[C@H](N)C(=O)NCC(=O)N(Cc1ccccc1)Cc1ccccc1F. The van der Waals surface area contributed by atoms with Gasteiger partial charge in [0.05, 0.1) is 12.6 Å². The van der Waals surface area contributed by atoms with Crippen molar-refractivity contribution in [2.24, 2.45) is 11.7 Å². The standard InChI is InChI=1S/C21H26FN3O2/c1-15(2)20(23)21(27)24-12-19(26)25(13-16-8-4-3-5-9-16)14-17-10-6-7-11-18(17)22/h3-11,15,20H,12-14,23H2,1-2H3,(H,24,27)/t20-/m0/s1. The zero-order valence-electron chi connectivity index (χ0n) is 15.7. The van der Waals surface area contributed by atoms with Gasteiger partial charge in [-0.15, -0.1) is 0 Å². The van der Waals surface area contributed by atoms with Crippen LogP contribution in [0.1, 0.15) is 25.0 Å². The van der Waals surface area contributed by atoms with Crippen LogP contribution in [-0.2, 0) is 22.7 Å². The van der Waals surface area contributed by atoms with Crippen molar-refractivity contribution in [2.75, 3.05) is 6.54 Å². The molecule has 144 valence electrons. The molecular formula is C21H26FN3O2. The van der Waals surface area contributed by atoms with E-state index in [1.807, 2.05) is 44.2 Å². The molecule has 0 aromatic heterocycles. The highest BCUT2D eigenvalue weighted by molar-refractivity contribution is 5.87. The predicted octanol–water partition coefficient (Wildman–Crippen LogP) is 2.45. The third-order valence-electron chi connectivity index (χ3n) is 4.32. The zero-order chi connectivity index (χ0) is 19.8. The number of nitrogens with two attached hydrogens (primary N) is 1. The summed E-state index contributed by atoms with van der Waals surface area (Å²) < 4.78 is 14.0. The number of nitrogens with zero attached hydrogens (tertiary/aromatic N) is 1. The minimum atomic E-state index is -0.674. The number of carbonyl (C=O) groups is 2. The van der Waals surface area contributed by atoms with E-state index in [1.54, 1.807) is 18.2 Å². The second-order valence-corrected chi connectivity index (χ2v) is 6.81. The highest BCUT2D eigenvalue weighted by atomic mass is 19.1. The van der Waals surface area contributed by atoms with Gasteiger partial charge in [0.25, 0.3) is 0 Å². The minimum Gasteiger partial charge on any atom is -0.346 e. The van der Waals surface area contributed by atoms with E-state index in [9.17, 15) is 14.0 Å². The maximum absolute atomic E-state index is 14.0. The van der Waals surface area contributed by atoms with Crippen molar-refractivity contribution in [2.45, 2.75) is 33.0 Å². The number of nitrogens with one attached hydrogen (secondary N) is 1. The Balaban J connectivity index is 2.10. The van der Waals surface area contributed by atoms with Crippen LogP contribution in [0.25, 0.3) is 0 Å². The lowest BCUT2D eigenvalue weighted by molar-refractivity contribution is -0.134. The third kappa shape index (κ3) is 6.18. The quantitative estimate of drug-likeness (QED) is 0.748. The molecule has 2 aromatic rings. The Morgan fingerprint density at radius 2 is 1.67 bits per heavy atom. The summed E-state index contributed by atoms with van der Waals surface area (Å²) in [6, 6.07) is 15.1. The van der Waals surface area contributed by atoms with E-state index in [-0.39, 0.29) is 36.6 Å². The maximum atomic E-state index is 14.0. The molecule has 0 heterocycles. The van der Waals surface area contributed by atoms with Gasteiger partial charge in [-0.3, -0.25) is 9.59 Å². The number of benzene rings is 2. The van der Waals surface area contributed by atoms with E-state index in [1.165, 1.54) is 11.0 Å². The van der Waals surface area contributed by atoms with Crippen LogP contribution in [0.2, 0.25) is 0 Å². The van der Waals surface area contributed by atoms with Gasteiger partial charge in [-0.05, 0) is 17.5 Å². The molecule has 0 aliphatic rings. The molecule has 0 unspecified atom stereocenters. The molecule has 0 fully saturated rings. The number of amides is 2. The number of hydrogen-bond donors (Lipinski definition) is 2. The van der Waals surface area contributed by atoms with E-state index in [4.69, 9.17) is 5.73 Å². The average molecular weight is 371 g/mol. The lowest BCUT2D eigenvalue weighted by atomic mass is 10.1. The summed E-state index contributed by atoms with van der Waals surface area (Å²) in [5, 5.41) is 2.58. The first kappa shape index (κ1) is 20.6. The minimum absolute atomic E-state index is 0.0288. The Labute approximate surface area is 159 Å². The molecule has 0 radical (unpaired) electrons. The largest absolute Gasteiger partial charge is 0.346 e. The van der Waals surface area contributed by atoms with Gasteiger partial charge in [0.2, 0.25) is 11.8 Å². The van der Waals surface area contributed by atoms with Crippen molar-refractivity contribution >= 4 is 11.8 Å². The van der Waals surface area contributed by atoms with Gasteiger partial charge >= 0.3 is 0 Å². The van der Waals surface area contributed by atoms with Gasteiger partial charge < -0.3 is 16.0 Å². The Kier molecular flexibility index (Phi) is 7.49. The normalized spacial score (nSPS) is 11.9. The fraction of sp³-hybridized carbons (Fsp3) is 0.333. The number of carbonyl (C=O) groups excluding carboxylic acids is 2. The van der Waals surface area contributed by atoms with Crippen LogP contribution in [0.3, 0.4) is 0 Å².